The van der Waals surface area contributed by atoms with Crippen LogP contribution in [0, 0.1) is 0 Å². The molecule has 0 spiro atoms. The number of nitrogens with two attached hydrogens (primary N) is 1. The topological polar surface area (TPSA) is 82.2 Å². The molecule has 1 amide bonds. The van der Waals surface area contributed by atoms with E-state index in [-0.39, 0.29) is 5.91 Å². The van der Waals surface area contributed by atoms with Crippen LogP contribution in [0.3, 0.4) is 0 Å². The standard InChI is InChI=1S/C12H22N4O2/c1-4-5-12(2,13)11(17)15-10-8-14-16(9-10)6-7-18-3/h8-9H,4-7,13H2,1-3H3,(H,15,17). The third-order valence-electron chi connectivity index (χ3n) is 2.70. The van der Waals surface area contributed by atoms with Crippen molar-refractivity contribution in [3.63, 3.8) is 0 Å². The van der Waals surface area contributed by atoms with E-state index >= 15 is 0 Å². The third-order valence-corrected chi connectivity index (χ3v) is 2.70. The molecule has 1 rings (SSSR count). The van der Waals surface area contributed by atoms with Gasteiger partial charge in [0.2, 0.25) is 5.91 Å². The molecule has 1 heterocycles. The zero-order valence-electron chi connectivity index (χ0n) is 11.3. The molecular formula is C12H22N4O2. The molecule has 1 aromatic heterocycles. The molecule has 3 N–H and O–H groups in total. The van der Waals surface area contributed by atoms with E-state index in [9.17, 15) is 4.79 Å². The summed E-state index contributed by atoms with van der Waals surface area (Å²) in [6.45, 7) is 4.98. The monoisotopic (exact) mass is 254 g/mol. The van der Waals surface area contributed by atoms with Crippen LogP contribution in [0.15, 0.2) is 12.4 Å². The smallest absolute Gasteiger partial charge is 0.244 e. The fraction of sp³-hybridized carbons (Fsp3) is 0.667. The van der Waals surface area contributed by atoms with Gasteiger partial charge in [-0.3, -0.25) is 9.48 Å². The van der Waals surface area contributed by atoms with Crippen molar-refractivity contribution in [2.45, 2.75) is 38.8 Å². The lowest BCUT2D eigenvalue weighted by atomic mass is 9.96. The van der Waals surface area contributed by atoms with Crippen molar-refractivity contribution < 1.29 is 9.53 Å². The Morgan fingerprint density at radius 3 is 3.00 bits per heavy atom. The molecule has 0 saturated carbocycles. The number of amides is 1. The van der Waals surface area contributed by atoms with Gasteiger partial charge in [-0.15, -0.1) is 0 Å². The van der Waals surface area contributed by atoms with E-state index in [1.54, 1.807) is 31.1 Å². The molecule has 0 saturated heterocycles. The first-order valence-electron chi connectivity index (χ1n) is 6.11. The van der Waals surface area contributed by atoms with Gasteiger partial charge in [0.05, 0.1) is 30.6 Å². The molecule has 0 aliphatic carbocycles. The van der Waals surface area contributed by atoms with Crippen LogP contribution in [0.1, 0.15) is 26.7 Å². The lowest BCUT2D eigenvalue weighted by Gasteiger charge is -2.22. The average molecular weight is 254 g/mol. The van der Waals surface area contributed by atoms with Crippen molar-refractivity contribution in [3.05, 3.63) is 12.4 Å². The average Bonchev–Trinajstić information content (AvgIpc) is 2.74. The van der Waals surface area contributed by atoms with Crippen molar-refractivity contribution in [1.82, 2.24) is 9.78 Å². The van der Waals surface area contributed by atoms with Crippen molar-refractivity contribution >= 4 is 11.6 Å². The number of hydrogen-bond acceptors (Lipinski definition) is 4. The van der Waals surface area contributed by atoms with Gasteiger partial charge in [0.15, 0.2) is 0 Å². The molecule has 1 atom stereocenters. The van der Waals surface area contributed by atoms with E-state index in [4.69, 9.17) is 10.5 Å². The number of carbonyl (C=O) groups is 1. The quantitative estimate of drug-likeness (QED) is 0.760. The second kappa shape index (κ2) is 6.51. The van der Waals surface area contributed by atoms with Crippen LogP contribution in [0.5, 0.6) is 0 Å². The van der Waals surface area contributed by atoms with Gasteiger partial charge in [0, 0.05) is 13.3 Å². The number of nitrogens with one attached hydrogen (secondary N) is 1. The van der Waals surface area contributed by atoms with E-state index in [1.807, 2.05) is 6.92 Å². The predicted molar refractivity (Wildman–Crippen MR) is 70.2 cm³/mol. The first-order chi connectivity index (χ1) is 8.49. The minimum atomic E-state index is -0.844. The summed E-state index contributed by atoms with van der Waals surface area (Å²) in [7, 11) is 1.64. The van der Waals surface area contributed by atoms with Gasteiger partial charge in [-0.2, -0.15) is 5.10 Å². The first-order valence-corrected chi connectivity index (χ1v) is 6.11. The molecule has 6 nitrogen and oxygen atoms in total. The molecule has 1 aromatic rings. The molecular weight excluding hydrogens is 232 g/mol. The van der Waals surface area contributed by atoms with E-state index in [1.165, 1.54) is 0 Å². The first kappa shape index (κ1) is 14.7. The van der Waals surface area contributed by atoms with Gasteiger partial charge in [0.25, 0.3) is 0 Å². The highest BCUT2D eigenvalue weighted by Gasteiger charge is 2.27. The number of hydrogen-bond donors (Lipinski definition) is 2. The van der Waals surface area contributed by atoms with Crippen LogP contribution in [0.25, 0.3) is 0 Å². The number of anilines is 1. The maximum atomic E-state index is 11.9. The van der Waals surface area contributed by atoms with Crippen molar-refractivity contribution in [2.75, 3.05) is 19.0 Å². The molecule has 102 valence electrons. The van der Waals surface area contributed by atoms with Gasteiger partial charge in [-0.25, -0.2) is 0 Å². The summed E-state index contributed by atoms with van der Waals surface area (Å²) in [5.74, 6) is -0.185. The second-order valence-electron chi connectivity index (χ2n) is 4.61. The molecule has 0 aliphatic rings. The summed E-state index contributed by atoms with van der Waals surface area (Å²) in [5, 5.41) is 6.89. The SMILES string of the molecule is CCCC(C)(N)C(=O)Nc1cnn(CCOC)c1. The number of aromatic nitrogens is 2. The van der Waals surface area contributed by atoms with Crippen LogP contribution < -0.4 is 11.1 Å². The molecule has 0 radical (unpaired) electrons. The van der Waals surface area contributed by atoms with E-state index in [2.05, 4.69) is 10.4 Å². The number of carbonyl (C=O) groups excluding carboxylic acids is 1. The largest absolute Gasteiger partial charge is 0.383 e. The van der Waals surface area contributed by atoms with Crippen LogP contribution in [-0.2, 0) is 16.1 Å². The molecule has 0 fully saturated rings. The highest BCUT2D eigenvalue weighted by molar-refractivity contribution is 5.97. The second-order valence-corrected chi connectivity index (χ2v) is 4.61. The highest BCUT2D eigenvalue weighted by Crippen LogP contribution is 2.13. The predicted octanol–water partition coefficient (Wildman–Crippen LogP) is 0.985. The number of rotatable bonds is 7. The normalized spacial score (nSPS) is 14.2. The summed E-state index contributed by atoms with van der Waals surface area (Å²) in [5.41, 5.74) is 5.76. The fourth-order valence-electron chi connectivity index (χ4n) is 1.64. The lowest BCUT2D eigenvalue weighted by Crippen LogP contribution is -2.48. The van der Waals surface area contributed by atoms with Gasteiger partial charge >= 0.3 is 0 Å². The van der Waals surface area contributed by atoms with Crippen molar-refractivity contribution in [2.24, 2.45) is 5.73 Å². The van der Waals surface area contributed by atoms with Gasteiger partial charge < -0.3 is 15.8 Å². The molecule has 18 heavy (non-hydrogen) atoms. The number of ether oxygens (including phenoxy) is 1. The van der Waals surface area contributed by atoms with E-state index in [0.717, 1.165) is 6.42 Å². The molecule has 1 unspecified atom stereocenters. The summed E-state index contributed by atoms with van der Waals surface area (Å²) in [4.78, 5) is 11.9. The summed E-state index contributed by atoms with van der Waals surface area (Å²) in [6.07, 6.45) is 4.89. The van der Waals surface area contributed by atoms with E-state index < -0.39 is 5.54 Å². The van der Waals surface area contributed by atoms with Crippen molar-refractivity contribution in [1.29, 1.82) is 0 Å². The molecule has 0 aromatic carbocycles. The number of nitrogens with zero attached hydrogens (tertiary/aromatic N) is 2. The Morgan fingerprint density at radius 1 is 1.67 bits per heavy atom. The number of methoxy groups -OCH3 is 1. The Balaban J connectivity index is 2.56. The van der Waals surface area contributed by atoms with Crippen LogP contribution >= 0.6 is 0 Å². The Hall–Kier alpha value is -1.40. The summed E-state index contributed by atoms with van der Waals surface area (Å²) in [6, 6.07) is 0. The molecule has 0 bridgehead atoms. The van der Waals surface area contributed by atoms with Crippen LogP contribution in [0.2, 0.25) is 0 Å². The van der Waals surface area contributed by atoms with Crippen LogP contribution in [-0.4, -0.2) is 34.9 Å². The zero-order chi connectivity index (χ0) is 13.6. The maximum Gasteiger partial charge on any atom is 0.244 e. The Labute approximate surface area is 107 Å². The summed E-state index contributed by atoms with van der Waals surface area (Å²) >= 11 is 0. The highest BCUT2D eigenvalue weighted by atomic mass is 16.5. The fourth-order valence-corrected chi connectivity index (χ4v) is 1.64. The zero-order valence-corrected chi connectivity index (χ0v) is 11.3. The minimum Gasteiger partial charge on any atom is -0.383 e. The van der Waals surface area contributed by atoms with Gasteiger partial charge in [-0.1, -0.05) is 13.3 Å². The van der Waals surface area contributed by atoms with Gasteiger partial charge in [0.1, 0.15) is 0 Å². The summed E-state index contributed by atoms with van der Waals surface area (Å²) < 4.78 is 6.67. The van der Waals surface area contributed by atoms with Crippen LogP contribution in [0.4, 0.5) is 5.69 Å². The Morgan fingerprint density at radius 2 is 2.39 bits per heavy atom. The Kier molecular flexibility index (Phi) is 5.30. The molecule has 6 heteroatoms. The maximum absolute atomic E-state index is 11.9. The van der Waals surface area contributed by atoms with Gasteiger partial charge in [-0.05, 0) is 13.3 Å². The van der Waals surface area contributed by atoms with Crippen molar-refractivity contribution in [3.8, 4) is 0 Å². The lowest BCUT2D eigenvalue weighted by molar-refractivity contribution is -0.120. The van der Waals surface area contributed by atoms with E-state index in [0.29, 0.717) is 25.3 Å². The third kappa shape index (κ3) is 4.12. The Bertz CT molecular complexity index is 387. The minimum absolute atomic E-state index is 0.185. The molecule has 0 aliphatic heterocycles.